The molecule has 0 radical (unpaired) electrons. The Hall–Kier alpha value is -2.33. The fraction of sp³-hybridized carbons (Fsp3) is 0.571. The number of fused-ring (bicyclic) bond motifs is 1. The Balaban J connectivity index is 1.85. The van der Waals surface area contributed by atoms with Gasteiger partial charge in [-0.25, -0.2) is 4.79 Å². The number of hydrogen-bond donors (Lipinski definition) is 1. The number of carbonyl (C=O) groups excluding carboxylic acids is 1. The topological polar surface area (TPSA) is 75.3 Å². The molecule has 2 aliphatic heterocycles. The third-order valence-electron chi connectivity index (χ3n) is 5.17. The zero-order chi connectivity index (χ0) is 23.2. The van der Waals surface area contributed by atoms with E-state index in [4.69, 9.17) is 14.0 Å². The standard InChI is InChI=1S/C21H28BF2NO6/c1-18(2,3)29-17(26)25-12-14(22-30-19(4,5)20(6,7)31-22)10-13-8-9-15-16(11-13)28-21(23,24)27-15/h8-11H,12H2,1-7H3,(H,25,26). The van der Waals surface area contributed by atoms with Gasteiger partial charge in [-0.05, 0) is 71.6 Å². The molecule has 0 aliphatic carbocycles. The maximum Gasteiger partial charge on any atom is 0.586 e. The van der Waals surface area contributed by atoms with E-state index >= 15 is 0 Å². The third-order valence-corrected chi connectivity index (χ3v) is 5.17. The van der Waals surface area contributed by atoms with E-state index in [-0.39, 0.29) is 18.0 Å². The number of alkyl halides is 2. The molecule has 2 heterocycles. The molecule has 10 heteroatoms. The molecule has 7 nitrogen and oxygen atoms in total. The number of nitrogens with one attached hydrogen (secondary N) is 1. The summed E-state index contributed by atoms with van der Waals surface area (Å²) in [5.74, 6) is -0.127. The summed E-state index contributed by atoms with van der Waals surface area (Å²) in [6, 6.07) is 4.42. The van der Waals surface area contributed by atoms with Crippen LogP contribution >= 0.6 is 0 Å². The highest BCUT2D eigenvalue weighted by Gasteiger charge is 2.52. The Labute approximate surface area is 181 Å². The van der Waals surface area contributed by atoms with Crippen LogP contribution in [0.2, 0.25) is 0 Å². The van der Waals surface area contributed by atoms with Crippen molar-refractivity contribution in [1.82, 2.24) is 5.32 Å². The predicted octanol–water partition coefficient (Wildman–Crippen LogP) is 4.55. The van der Waals surface area contributed by atoms with Gasteiger partial charge in [0.15, 0.2) is 11.5 Å². The van der Waals surface area contributed by atoms with Crippen LogP contribution in [0.15, 0.2) is 23.7 Å². The van der Waals surface area contributed by atoms with Crippen LogP contribution in [0.3, 0.4) is 0 Å². The summed E-state index contributed by atoms with van der Waals surface area (Å²) in [4.78, 5) is 12.1. The van der Waals surface area contributed by atoms with Crippen molar-refractivity contribution >= 4 is 19.3 Å². The van der Waals surface area contributed by atoms with Crippen molar-refractivity contribution in [1.29, 1.82) is 0 Å². The molecular weight excluding hydrogens is 411 g/mol. The van der Waals surface area contributed by atoms with Gasteiger partial charge in [-0.1, -0.05) is 12.1 Å². The normalized spacial score (nSPS) is 21.2. The predicted molar refractivity (Wildman–Crippen MR) is 111 cm³/mol. The number of halogens is 2. The van der Waals surface area contributed by atoms with E-state index in [9.17, 15) is 13.6 Å². The number of benzene rings is 1. The molecule has 0 bridgehead atoms. The van der Waals surface area contributed by atoms with Crippen LogP contribution in [0.25, 0.3) is 6.08 Å². The molecule has 1 fully saturated rings. The first-order chi connectivity index (χ1) is 14.1. The zero-order valence-electron chi connectivity index (χ0n) is 18.8. The SMILES string of the molecule is CC(C)(C)OC(=O)NCC(=Cc1ccc2c(c1)OC(F)(F)O2)B1OC(C)(C)C(C)(C)O1. The van der Waals surface area contributed by atoms with Crippen LogP contribution in [0.4, 0.5) is 13.6 Å². The van der Waals surface area contributed by atoms with E-state index < -0.39 is 36.3 Å². The molecule has 1 saturated heterocycles. The lowest BCUT2D eigenvalue weighted by Gasteiger charge is -2.32. The lowest BCUT2D eigenvalue weighted by Crippen LogP contribution is -2.41. The van der Waals surface area contributed by atoms with Gasteiger partial charge in [0.25, 0.3) is 0 Å². The van der Waals surface area contributed by atoms with Gasteiger partial charge in [0.2, 0.25) is 0 Å². The van der Waals surface area contributed by atoms with Gasteiger partial charge in [-0.3, -0.25) is 0 Å². The summed E-state index contributed by atoms with van der Waals surface area (Å²) in [7, 11) is -0.758. The first-order valence-corrected chi connectivity index (χ1v) is 10.00. The molecule has 1 amide bonds. The van der Waals surface area contributed by atoms with Crippen LogP contribution in [0.1, 0.15) is 54.0 Å². The van der Waals surface area contributed by atoms with Crippen molar-refractivity contribution in [3.05, 3.63) is 29.2 Å². The van der Waals surface area contributed by atoms with Gasteiger partial charge >= 0.3 is 19.5 Å². The fourth-order valence-electron chi connectivity index (χ4n) is 2.95. The van der Waals surface area contributed by atoms with Crippen LogP contribution in [0, 0.1) is 0 Å². The smallest absolute Gasteiger partial charge is 0.444 e. The first-order valence-electron chi connectivity index (χ1n) is 10.00. The summed E-state index contributed by atoms with van der Waals surface area (Å²) in [6.07, 6.45) is -2.60. The number of carbonyl (C=O) groups is 1. The Morgan fingerprint density at radius 3 is 2.26 bits per heavy atom. The van der Waals surface area contributed by atoms with Crippen LogP contribution in [-0.4, -0.2) is 42.9 Å². The van der Waals surface area contributed by atoms with E-state index in [0.29, 0.717) is 11.0 Å². The Morgan fingerprint density at radius 2 is 1.68 bits per heavy atom. The minimum Gasteiger partial charge on any atom is -0.444 e. The van der Waals surface area contributed by atoms with Crippen molar-refractivity contribution in [3.63, 3.8) is 0 Å². The fourth-order valence-corrected chi connectivity index (χ4v) is 2.95. The minimum absolute atomic E-state index is 0.0498. The van der Waals surface area contributed by atoms with E-state index in [2.05, 4.69) is 14.8 Å². The van der Waals surface area contributed by atoms with Gasteiger partial charge in [-0.15, -0.1) is 8.78 Å². The molecule has 0 saturated carbocycles. The molecular formula is C21H28BF2NO6. The van der Waals surface area contributed by atoms with E-state index in [1.54, 1.807) is 32.9 Å². The van der Waals surface area contributed by atoms with Crippen molar-refractivity contribution in [2.75, 3.05) is 6.54 Å². The minimum atomic E-state index is -3.70. The van der Waals surface area contributed by atoms with Crippen molar-refractivity contribution in [2.45, 2.75) is 71.6 Å². The lowest BCUT2D eigenvalue weighted by atomic mass is 9.77. The van der Waals surface area contributed by atoms with Crippen LogP contribution in [0.5, 0.6) is 11.5 Å². The molecule has 0 aromatic heterocycles. The Morgan fingerprint density at radius 1 is 1.10 bits per heavy atom. The molecule has 1 N–H and O–H groups in total. The van der Waals surface area contributed by atoms with Gasteiger partial charge in [0, 0.05) is 6.54 Å². The highest BCUT2D eigenvalue weighted by atomic mass is 19.3. The van der Waals surface area contributed by atoms with Crippen molar-refractivity contribution < 1.29 is 37.1 Å². The summed E-state index contributed by atoms with van der Waals surface area (Å²) < 4.78 is 53.1. The molecule has 0 spiro atoms. The molecule has 0 atom stereocenters. The molecule has 1 aromatic rings. The number of amides is 1. The summed E-state index contributed by atoms with van der Waals surface area (Å²) in [5, 5.41) is 2.69. The summed E-state index contributed by atoms with van der Waals surface area (Å²) in [5.41, 5.74) is -0.717. The molecule has 2 aliphatic rings. The van der Waals surface area contributed by atoms with Crippen LogP contribution < -0.4 is 14.8 Å². The average molecular weight is 439 g/mol. The Kier molecular flexibility index (Phi) is 5.77. The van der Waals surface area contributed by atoms with Crippen molar-refractivity contribution in [3.8, 4) is 11.5 Å². The second-order valence-electron chi connectivity index (χ2n) is 9.54. The second-order valence-corrected chi connectivity index (χ2v) is 9.54. The highest BCUT2D eigenvalue weighted by Crippen LogP contribution is 2.42. The molecule has 3 rings (SSSR count). The lowest BCUT2D eigenvalue weighted by molar-refractivity contribution is -0.286. The van der Waals surface area contributed by atoms with Gasteiger partial charge in [0.05, 0.1) is 11.2 Å². The molecule has 31 heavy (non-hydrogen) atoms. The highest BCUT2D eigenvalue weighted by molar-refractivity contribution is 6.56. The third kappa shape index (κ3) is 5.48. The molecule has 0 unspecified atom stereocenters. The summed E-state index contributed by atoms with van der Waals surface area (Å²) in [6.45, 7) is 13.0. The number of alkyl carbamates (subject to hydrolysis) is 1. The van der Waals surface area contributed by atoms with Gasteiger partial charge in [-0.2, -0.15) is 0 Å². The monoisotopic (exact) mass is 439 g/mol. The average Bonchev–Trinajstić information content (AvgIpc) is 2.99. The number of hydrogen-bond acceptors (Lipinski definition) is 6. The Bertz CT molecular complexity index is 878. The number of ether oxygens (including phenoxy) is 3. The van der Waals surface area contributed by atoms with E-state index in [1.807, 2.05) is 27.7 Å². The number of rotatable bonds is 4. The first kappa shape index (κ1) is 23.3. The maximum absolute atomic E-state index is 13.3. The van der Waals surface area contributed by atoms with Gasteiger partial charge in [0.1, 0.15) is 5.60 Å². The largest absolute Gasteiger partial charge is 0.586 e. The molecule has 170 valence electrons. The second kappa shape index (κ2) is 7.67. The molecule has 1 aromatic carbocycles. The maximum atomic E-state index is 13.3. The van der Waals surface area contributed by atoms with E-state index in [1.165, 1.54) is 12.1 Å². The van der Waals surface area contributed by atoms with E-state index in [0.717, 1.165) is 0 Å². The zero-order valence-corrected chi connectivity index (χ0v) is 18.8. The van der Waals surface area contributed by atoms with Crippen LogP contribution in [-0.2, 0) is 14.0 Å². The van der Waals surface area contributed by atoms with Gasteiger partial charge < -0.3 is 28.8 Å². The summed E-state index contributed by atoms with van der Waals surface area (Å²) >= 11 is 0. The quantitative estimate of drug-likeness (QED) is 0.695. The van der Waals surface area contributed by atoms with Crippen molar-refractivity contribution in [2.24, 2.45) is 0 Å².